The molecule has 0 aliphatic rings. The third kappa shape index (κ3) is 5.02. The molecule has 0 heterocycles. The summed E-state index contributed by atoms with van der Waals surface area (Å²) in [7, 11) is 0. The topological polar surface area (TPSA) is 84.3 Å². The Morgan fingerprint density at radius 1 is 1.25 bits per heavy atom. The number of nitro benzene ring substituents is 1. The molecule has 24 heavy (non-hydrogen) atoms. The van der Waals surface area contributed by atoms with E-state index in [1.165, 1.54) is 12.1 Å². The number of nitrogens with zero attached hydrogens (tertiary/aromatic N) is 1. The van der Waals surface area contributed by atoms with Crippen molar-refractivity contribution in [2.45, 2.75) is 13.0 Å². The van der Waals surface area contributed by atoms with E-state index in [2.05, 4.69) is 26.6 Å². The van der Waals surface area contributed by atoms with E-state index in [0.717, 1.165) is 4.47 Å². The number of anilines is 1. The van der Waals surface area contributed by atoms with Crippen LogP contribution in [0.4, 0.5) is 15.8 Å². The summed E-state index contributed by atoms with van der Waals surface area (Å²) in [6, 6.07) is 10.7. The number of para-hydroxylation sites is 2. The molecule has 0 aliphatic carbocycles. The Balaban J connectivity index is 1.82. The molecule has 0 saturated heterocycles. The minimum absolute atomic E-state index is 0.0471. The first-order chi connectivity index (χ1) is 11.5. The van der Waals surface area contributed by atoms with Gasteiger partial charge >= 0.3 is 0 Å². The number of hydrogen-bond donors (Lipinski definition) is 2. The van der Waals surface area contributed by atoms with E-state index in [1.807, 2.05) is 0 Å². The molecule has 0 aromatic heterocycles. The van der Waals surface area contributed by atoms with Crippen molar-refractivity contribution in [3.8, 4) is 0 Å². The highest BCUT2D eigenvalue weighted by Gasteiger charge is 2.12. The fourth-order valence-corrected chi connectivity index (χ4v) is 2.46. The van der Waals surface area contributed by atoms with Crippen LogP contribution in [0.15, 0.2) is 46.9 Å². The lowest BCUT2D eigenvalue weighted by atomic mass is 10.2. The van der Waals surface area contributed by atoms with Gasteiger partial charge in [0, 0.05) is 35.6 Å². The molecular formula is C16H15BrFN3O3. The maximum absolute atomic E-state index is 13.6. The number of carbonyl (C=O) groups is 1. The second kappa shape index (κ2) is 8.39. The van der Waals surface area contributed by atoms with Crippen LogP contribution in [0.3, 0.4) is 0 Å². The summed E-state index contributed by atoms with van der Waals surface area (Å²) in [5.41, 5.74) is 0.687. The Hall–Kier alpha value is -2.48. The first-order valence-electron chi connectivity index (χ1n) is 7.15. The minimum atomic E-state index is -0.488. The van der Waals surface area contributed by atoms with E-state index in [4.69, 9.17) is 0 Å². The van der Waals surface area contributed by atoms with Crippen LogP contribution in [0.5, 0.6) is 0 Å². The number of hydrogen-bond acceptors (Lipinski definition) is 4. The van der Waals surface area contributed by atoms with E-state index < -0.39 is 10.7 Å². The lowest BCUT2D eigenvalue weighted by molar-refractivity contribution is -0.384. The van der Waals surface area contributed by atoms with Gasteiger partial charge in [-0.1, -0.05) is 28.1 Å². The van der Waals surface area contributed by atoms with Crippen molar-refractivity contribution in [2.24, 2.45) is 0 Å². The standard InChI is InChI=1S/C16H15BrFN3O3/c17-12-5-6-13(18)11(9-12)10-20-16(22)7-8-19-14-3-1-2-4-15(14)21(23)24/h1-6,9,19H,7-8,10H2,(H,20,22). The van der Waals surface area contributed by atoms with Crippen LogP contribution in [0.1, 0.15) is 12.0 Å². The van der Waals surface area contributed by atoms with Gasteiger partial charge in [0.1, 0.15) is 11.5 Å². The highest BCUT2D eigenvalue weighted by Crippen LogP contribution is 2.22. The molecule has 0 spiro atoms. The molecule has 0 fully saturated rings. The van der Waals surface area contributed by atoms with Crippen LogP contribution in [0.2, 0.25) is 0 Å². The van der Waals surface area contributed by atoms with Crippen molar-refractivity contribution in [2.75, 3.05) is 11.9 Å². The summed E-state index contributed by atoms with van der Waals surface area (Å²) in [4.78, 5) is 22.2. The van der Waals surface area contributed by atoms with Gasteiger partial charge in [-0.3, -0.25) is 14.9 Å². The Morgan fingerprint density at radius 3 is 2.75 bits per heavy atom. The predicted molar refractivity (Wildman–Crippen MR) is 92.1 cm³/mol. The monoisotopic (exact) mass is 395 g/mol. The molecule has 2 aromatic carbocycles. The van der Waals surface area contributed by atoms with E-state index in [0.29, 0.717) is 11.3 Å². The molecule has 0 radical (unpaired) electrons. The minimum Gasteiger partial charge on any atom is -0.379 e. The molecular weight excluding hydrogens is 381 g/mol. The maximum Gasteiger partial charge on any atom is 0.292 e. The second-order valence-electron chi connectivity index (χ2n) is 4.96. The summed E-state index contributed by atoms with van der Waals surface area (Å²) in [5, 5.41) is 16.4. The fourth-order valence-electron chi connectivity index (χ4n) is 2.05. The van der Waals surface area contributed by atoms with Gasteiger partial charge in [-0.05, 0) is 24.3 Å². The highest BCUT2D eigenvalue weighted by molar-refractivity contribution is 9.10. The van der Waals surface area contributed by atoms with Gasteiger partial charge in [-0.15, -0.1) is 0 Å². The summed E-state index contributed by atoms with van der Waals surface area (Å²) in [5.74, 6) is -0.669. The Kier molecular flexibility index (Phi) is 6.25. The number of carbonyl (C=O) groups excluding carboxylic acids is 1. The second-order valence-corrected chi connectivity index (χ2v) is 5.88. The maximum atomic E-state index is 13.6. The first-order valence-corrected chi connectivity index (χ1v) is 7.94. The van der Waals surface area contributed by atoms with Crippen molar-refractivity contribution < 1.29 is 14.1 Å². The van der Waals surface area contributed by atoms with Crippen molar-refractivity contribution >= 4 is 33.2 Å². The number of benzene rings is 2. The molecule has 0 bridgehead atoms. The summed E-state index contributed by atoms with van der Waals surface area (Å²) in [6.07, 6.45) is 0.113. The molecule has 6 nitrogen and oxygen atoms in total. The molecule has 126 valence electrons. The van der Waals surface area contributed by atoms with Crippen LogP contribution in [-0.2, 0) is 11.3 Å². The van der Waals surface area contributed by atoms with Gasteiger partial charge in [-0.2, -0.15) is 0 Å². The molecule has 0 atom stereocenters. The third-order valence-electron chi connectivity index (χ3n) is 3.25. The van der Waals surface area contributed by atoms with Crippen LogP contribution in [-0.4, -0.2) is 17.4 Å². The average Bonchev–Trinajstić information content (AvgIpc) is 2.56. The highest BCUT2D eigenvalue weighted by atomic mass is 79.9. The number of halogens is 2. The third-order valence-corrected chi connectivity index (χ3v) is 3.75. The van der Waals surface area contributed by atoms with Gasteiger partial charge in [0.25, 0.3) is 5.69 Å². The molecule has 8 heteroatoms. The lowest BCUT2D eigenvalue weighted by Gasteiger charge is -2.09. The SMILES string of the molecule is O=C(CCNc1ccccc1[N+](=O)[O-])NCc1cc(Br)ccc1F. The normalized spacial score (nSPS) is 10.2. The van der Waals surface area contributed by atoms with E-state index in [1.54, 1.807) is 30.3 Å². The average molecular weight is 396 g/mol. The zero-order chi connectivity index (χ0) is 17.5. The fraction of sp³-hybridized carbons (Fsp3) is 0.188. The van der Waals surface area contributed by atoms with Gasteiger partial charge in [0.15, 0.2) is 0 Å². The van der Waals surface area contributed by atoms with Gasteiger partial charge in [0.05, 0.1) is 4.92 Å². The van der Waals surface area contributed by atoms with E-state index in [9.17, 15) is 19.3 Å². The zero-order valence-corrected chi connectivity index (χ0v) is 14.2. The molecule has 2 rings (SSSR count). The zero-order valence-electron chi connectivity index (χ0n) is 12.6. The molecule has 2 aromatic rings. The molecule has 1 amide bonds. The Bertz CT molecular complexity index is 755. The van der Waals surface area contributed by atoms with Crippen molar-refractivity contribution in [1.29, 1.82) is 0 Å². The van der Waals surface area contributed by atoms with Crippen molar-refractivity contribution in [3.05, 3.63) is 68.4 Å². The predicted octanol–water partition coefficient (Wildman–Crippen LogP) is 3.61. The van der Waals surface area contributed by atoms with Crippen molar-refractivity contribution in [3.63, 3.8) is 0 Å². The Morgan fingerprint density at radius 2 is 2.00 bits per heavy atom. The van der Waals surface area contributed by atoms with Crippen LogP contribution >= 0.6 is 15.9 Å². The smallest absolute Gasteiger partial charge is 0.292 e. The Labute approximate surface area is 146 Å². The quantitative estimate of drug-likeness (QED) is 0.553. The van der Waals surface area contributed by atoms with Gasteiger partial charge in [0.2, 0.25) is 5.91 Å². The molecule has 0 unspecified atom stereocenters. The number of rotatable bonds is 7. The molecule has 0 saturated carbocycles. The van der Waals surface area contributed by atoms with Crippen LogP contribution in [0.25, 0.3) is 0 Å². The van der Waals surface area contributed by atoms with Crippen LogP contribution in [0, 0.1) is 15.9 Å². The van der Waals surface area contributed by atoms with E-state index in [-0.39, 0.29) is 31.1 Å². The summed E-state index contributed by atoms with van der Waals surface area (Å²) < 4.78 is 14.3. The lowest BCUT2D eigenvalue weighted by Crippen LogP contribution is -2.25. The first kappa shape index (κ1) is 17.9. The van der Waals surface area contributed by atoms with Gasteiger partial charge in [-0.25, -0.2) is 4.39 Å². The summed E-state index contributed by atoms with van der Waals surface area (Å²) in [6.45, 7) is 0.313. The van der Waals surface area contributed by atoms with Crippen LogP contribution < -0.4 is 10.6 Å². The van der Waals surface area contributed by atoms with Gasteiger partial charge < -0.3 is 10.6 Å². The number of amides is 1. The van der Waals surface area contributed by atoms with Crippen molar-refractivity contribution in [1.82, 2.24) is 5.32 Å². The van der Waals surface area contributed by atoms with E-state index >= 15 is 0 Å². The largest absolute Gasteiger partial charge is 0.379 e. The number of nitrogens with one attached hydrogen (secondary N) is 2. The summed E-state index contributed by atoms with van der Waals surface area (Å²) >= 11 is 3.25. The number of nitro groups is 1. The molecule has 2 N–H and O–H groups in total. The molecule has 0 aliphatic heterocycles.